The lowest BCUT2D eigenvalue weighted by molar-refractivity contribution is 0.427. The lowest BCUT2D eigenvalue weighted by Crippen LogP contribution is -1.99. The Morgan fingerprint density at radius 2 is 2.44 bits per heavy atom. The lowest BCUT2D eigenvalue weighted by atomic mass is 10.1. The van der Waals surface area contributed by atoms with Crippen LogP contribution < -0.4 is 0 Å². The van der Waals surface area contributed by atoms with Crippen LogP contribution in [0.5, 0.6) is 0 Å². The number of nitriles is 1. The first kappa shape index (κ1) is 10.8. The number of alkyl halides is 1. The number of hydrogen-bond acceptors (Lipinski definition) is 3. The molecule has 2 aromatic rings. The van der Waals surface area contributed by atoms with Crippen LogP contribution in [0, 0.1) is 11.3 Å². The minimum absolute atomic E-state index is 0.239. The topological polar surface area (TPSA) is 41.6 Å². The molecule has 0 aliphatic heterocycles. The molecule has 5 heteroatoms. The van der Waals surface area contributed by atoms with Crippen LogP contribution in [0.25, 0.3) is 11.3 Å². The van der Waals surface area contributed by atoms with E-state index in [0.717, 1.165) is 16.8 Å². The van der Waals surface area contributed by atoms with E-state index in [9.17, 15) is 4.39 Å². The summed E-state index contributed by atoms with van der Waals surface area (Å²) in [6.45, 7) is -0.209. The third kappa shape index (κ3) is 2.12. The first-order valence-corrected chi connectivity index (χ1v) is 5.81. The minimum Gasteiger partial charge on any atom is -0.269 e. The van der Waals surface area contributed by atoms with Crippen molar-refractivity contribution in [1.29, 1.82) is 5.26 Å². The van der Waals surface area contributed by atoms with E-state index >= 15 is 0 Å². The molecule has 0 unspecified atom stereocenters. The maximum absolute atomic E-state index is 12.2. The largest absolute Gasteiger partial charge is 0.269 e. The van der Waals surface area contributed by atoms with Crippen LogP contribution in [0.15, 0.2) is 23.0 Å². The number of aromatic nitrogens is 2. The van der Waals surface area contributed by atoms with Gasteiger partial charge in [0.15, 0.2) is 0 Å². The number of rotatable bonds is 4. The zero-order chi connectivity index (χ0) is 11.4. The molecular formula is C11H10FN3S. The van der Waals surface area contributed by atoms with Gasteiger partial charge in [-0.1, -0.05) is 0 Å². The van der Waals surface area contributed by atoms with Crippen LogP contribution in [0.3, 0.4) is 0 Å². The van der Waals surface area contributed by atoms with Crippen LogP contribution in [0.1, 0.15) is 5.56 Å². The molecule has 0 amide bonds. The minimum atomic E-state index is -0.448. The highest BCUT2D eigenvalue weighted by Gasteiger charge is 2.11. The summed E-state index contributed by atoms with van der Waals surface area (Å²) in [6.07, 6.45) is 2.05. The molecule has 0 aromatic carbocycles. The summed E-state index contributed by atoms with van der Waals surface area (Å²) < 4.78 is 13.8. The van der Waals surface area contributed by atoms with Gasteiger partial charge in [0.25, 0.3) is 0 Å². The molecule has 3 nitrogen and oxygen atoms in total. The van der Waals surface area contributed by atoms with Crippen molar-refractivity contribution < 1.29 is 4.39 Å². The lowest BCUT2D eigenvalue weighted by Gasteiger charge is -1.94. The van der Waals surface area contributed by atoms with E-state index in [4.69, 9.17) is 5.26 Å². The molecule has 16 heavy (non-hydrogen) atoms. The molecule has 0 N–H and O–H groups in total. The van der Waals surface area contributed by atoms with E-state index in [2.05, 4.69) is 11.2 Å². The summed E-state index contributed by atoms with van der Waals surface area (Å²) in [5.41, 5.74) is 2.64. The van der Waals surface area contributed by atoms with Crippen LogP contribution in [-0.2, 0) is 13.0 Å². The molecule has 2 aromatic heterocycles. The standard InChI is InChI=1S/C11H10FN3S/c12-3-5-15-7-9(1-4-13)11(14-15)10-2-6-16-8-10/h2,6-8H,1,3,5H2. The molecule has 0 saturated heterocycles. The molecular weight excluding hydrogens is 225 g/mol. The Hall–Kier alpha value is -1.67. The van der Waals surface area contributed by atoms with E-state index in [-0.39, 0.29) is 6.54 Å². The van der Waals surface area contributed by atoms with Gasteiger partial charge in [0.2, 0.25) is 0 Å². The fourth-order valence-corrected chi connectivity index (χ4v) is 2.16. The summed E-state index contributed by atoms with van der Waals surface area (Å²) in [5, 5.41) is 16.9. The maximum Gasteiger partial charge on any atom is 0.109 e. The van der Waals surface area contributed by atoms with Gasteiger partial charge in [0, 0.05) is 22.7 Å². The third-order valence-corrected chi connectivity index (χ3v) is 2.90. The van der Waals surface area contributed by atoms with Crippen LogP contribution >= 0.6 is 11.3 Å². The fourth-order valence-electron chi connectivity index (χ4n) is 1.52. The summed E-state index contributed by atoms with van der Waals surface area (Å²) in [4.78, 5) is 0. The SMILES string of the molecule is N#CCc1cn(CCF)nc1-c1ccsc1. The molecule has 0 atom stereocenters. The molecule has 0 aliphatic rings. The number of halogens is 1. The summed E-state index contributed by atoms with van der Waals surface area (Å²) in [7, 11) is 0. The molecule has 82 valence electrons. The first-order valence-electron chi connectivity index (χ1n) is 4.87. The Kier molecular flexibility index (Phi) is 3.32. The molecule has 0 bridgehead atoms. The molecule has 0 aliphatic carbocycles. The van der Waals surface area contributed by atoms with Crippen molar-refractivity contribution in [3.05, 3.63) is 28.6 Å². The van der Waals surface area contributed by atoms with E-state index < -0.39 is 6.67 Å². The highest BCUT2D eigenvalue weighted by molar-refractivity contribution is 7.08. The Labute approximate surface area is 96.8 Å². The van der Waals surface area contributed by atoms with Crippen molar-refractivity contribution >= 4 is 11.3 Å². The van der Waals surface area contributed by atoms with Crippen LogP contribution in [0.4, 0.5) is 4.39 Å². The van der Waals surface area contributed by atoms with Gasteiger partial charge in [-0.05, 0) is 11.4 Å². The highest BCUT2D eigenvalue weighted by atomic mass is 32.1. The second-order valence-corrected chi connectivity index (χ2v) is 4.08. The molecule has 0 saturated carbocycles. The van der Waals surface area contributed by atoms with Crippen molar-refractivity contribution in [2.45, 2.75) is 13.0 Å². The zero-order valence-electron chi connectivity index (χ0n) is 8.56. The van der Waals surface area contributed by atoms with Gasteiger partial charge in [0.1, 0.15) is 6.67 Å². The Bertz CT molecular complexity index is 496. The molecule has 2 rings (SSSR count). The van der Waals surface area contributed by atoms with E-state index in [1.807, 2.05) is 16.8 Å². The quantitative estimate of drug-likeness (QED) is 0.817. The number of thiophene rings is 1. The van der Waals surface area contributed by atoms with Gasteiger partial charge in [-0.3, -0.25) is 4.68 Å². The molecule has 0 spiro atoms. The average molecular weight is 235 g/mol. The second kappa shape index (κ2) is 4.90. The Morgan fingerprint density at radius 3 is 3.06 bits per heavy atom. The average Bonchev–Trinajstić information content (AvgIpc) is 2.87. The number of aryl methyl sites for hydroxylation is 1. The first-order chi connectivity index (χ1) is 7.85. The Morgan fingerprint density at radius 1 is 1.56 bits per heavy atom. The predicted molar refractivity (Wildman–Crippen MR) is 60.8 cm³/mol. The molecule has 0 radical (unpaired) electrons. The van der Waals surface area contributed by atoms with Crippen LogP contribution in [0.2, 0.25) is 0 Å². The van der Waals surface area contributed by atoms with Crippen molar-refractivity contribution in [2.75, 3.05) is 6.67 Å². The van der Waals surface area contributed by atoms with Gasteiger partial charge >= 0.3 is 0 Å². The molecule has 0 fully saturated rings. The van der Waals surface area contributed by atoms with Gasteiger partial charge in [-0.15, -0.1) is 0 Å². The van der Waals surface area contributed by atoms with E-state index in [0.29, 0.717) is 6.42 Å². The van der Waals surface area contributed by atoms with Gasteiger partial charge in [0.05, 0.1) is 24.7 Å². The summed E-state index contributed by atoms with van der Waals surface area (Å²) in [6, 6.07) is 4.05. The van der Waals surface area contributed by atoms with E-state index in [1.54, 1.807) is 22.2 Å². The maximum atomic E-state index is 12.2. The summed E-state index contributed by atoms with van der Waals surface area (Å²) >= 11 is 1.58. The number of nitrogens with zero attached hydrogens (tertiary/aromatic N) is 3. The second-order valence-electron chi connectivity index (χ2n) is 3.30. The highest BCUT2D eigenvalue weighted by Crippen LogP contribution is 2.24. The molecule has 2 heterocycles. The van der Waals surface area contributed by atoms with Gasteiger partial charge in [-0.25, -0.2) is 4.39 Å². The van der Waals surface area contributed by atoms with E-state index in [1.165, 1.54) is 0 Å². The fraction of sp³-hybridized carbons (Fsp3) is 0.273. The van der Waals surface area contributed by atoms with Gasteiger partial charge < -0.3 is 0 Å². The normalized spacial score (nSPS) is 10.2. The monoisotopic (exact) mass is 235 g/mol. The van der Waals surface area contributed by atoms with Crippen molar-refractivity contribution in [3.63, 3.8) is 0 Å². The zero-order valence-corrected chi connectivity index (χ0v) is 9.38. The Balaban J connectivity index is 2.38. The van der Waals surface area contributed by atoms with Gasteiger partial charge in [-0.2, -0.15) is 21.7 Å². The van der Waals surface area contributed by atoms with Crippen molar-refractivity contribution in [3.8, 4) is 17.3 Å². The van der Waals surface area contributed by atoms with Crippen LogP contribution in [-0.4, -0.2) is 16.5 Å². The third-order valence-electron chi connectivity index (χ3n) is 2.22. The van der Waals surface area contributed by atoms with Crippen molar-refractivity contribution in [1.82, 2.24) is 9.78 Å². The smallest absolute Gasteiger partial charge is 0.109 e. The summed E-state index contributed by atoms with van der Waals surface area (Å²) in [5.74, 6) is 0. The number of hydrogen-bond donors (Lipinski definition) is 0. The predicted octanol–water partition coefficient (Wildman–Crippen LogP) is 2.65. The van der Waals surface area contributed by atoms with Crippen molar-refractivity contribution in [2.24, 2.45) is 0 Å².